The SMILES string of the molecule is CN[C@@H]1C[C@H]2O[C@@](C)([C@@H]1OC)n1c3ccc(C#CC(C)(C)O)cc3c3c4c(c5c6cc(Br)ccc6n2c5c31)C(=O)NC4. The zero-order valence-electron chi connectivity index (χ0n) is 24.1. The number of fused-ring (bicyclic) bond motifs is 13. The molecule has 2 bridgehead atoms. The molecule has 3 aliphatic rings. The summed E-state index contributed by atoms with van der Waals surface area (Å²) >= 11 is 3.68. The van der Waals surface area contributed by atoms with E-state index in [9.17, 15) is 9.90 Å². The van der Waals surface area contributed by atoms with Gasteiger partial charge < -0.3 is 34.3 Å². The second-order valence-electron chi connectivity index (χ2n) is 12.3. The molecule has 1 saturated heterocycles. The van der Waals surface area contributed by atoms with Gasteiger partial charge in [0.05, 0.1) is 27.6 Å². The van der Waals surface area contributed by atoms with Crippen molar-refractivity contribution in [2.75, 3.05) is 14.2 Å². The highest BCUT2D eigenvalue weighted by atomic mass is 79.9. The van der Waals surface area contributed by atoms with Gasteiger partial charge in [0, 0.05) is 57.7 Å². The second-order valence-corrected chi connectivity index (χ2v) is 13.2. The largest absolute Gasteiger partial charge is 0.378 e. The summed E-state index contributed by atoms with van der Waals surface area (Å²) < 4.78 is 19.0. The van der Waals surface area contributed by atoms with Crippen LogP contribution in [-0.4, -0.2) is 52.1 Å². The van der Waals surface area contributed by atoms with Crippen molar-refractivity contribution in [2.45, 2.75) is 63.4 Å². The smallest absolute Gasteiger partial charge is 0.252 e. The number of aliphatic hydroxyl groups is 1. The maximum atomic E-state index is 13.6. The fourth-order valence-corrected chi connectivity index (χ4v) is 8.07. The fourth-order valence-electron chi connectivity index (χ4n) is 7.71. The predicted molar refractivity (Wildman–Crippen MR) is 167 cm³/mol. The van der Waals surface area contributed by atoms with Gasteiger partial charge >= 0.3 is 0 Å². The lowest BCUT2D eigenvalue weighted by atomic mass is 9.93. The van der Waals surface area contributed by atoms with Crippen LogP contribution in [-0.2, 0) is 21.7 Å². The third kappa shape index (κ3) is 3.30. The van der Waals surface area contributed by atoms with Crippen molar-refractivity contribution in [3.8, 4) is 11.8 Å². The molecule has 42 heavy (non-hydrogen) atoms. The van der Waals surface area contributed by atoms with Crippen LogP contribution in [0.3, 0.4) is 0 Å². The van der Waals surface area contributed by atoms with Gasteiger partial charge in [-0.25, -0.2) is 0 Å². The molecule has 0 saturated carbocycles. The average molecular weight is 628 g/mol. The minimum Gasteiger partial charge on any atom is -0.378 e. The molecule has 2 aromatic heterocycles. The zero-order chi connectivity index (χ0) is 29.3. The van der Waals surface area contributed by atoms with Gasteiger partial charge in [-0.2, -0.15) is 0 Å². The van der Waals surface area contributed by atoms with Crippen molar-refractivity contribution >= 4 is 65.4 Å². The van der Waals surface area contributed by atoms with Crippen molar-refractivity contribution in [3.05, 3.63) is 57.6 Å². The number of halogens is 1. The van der Waals surface area contributed by atoms with E-state index in [2.05, 4.69) is 78.7 Å². The molecule has 5 aromatic rings. The number of amides is 1. The number of nitrogens with zero attached hydrogens (tertiary/aromatic N) is 2. The van der Waals surface area contributed by atoms with Gasteiger partial charge in [-0.05, 0) is 69.8 Å². The Morgan fingerprint density at radius 1 is 1.17 bits per heavy atom. The molecular weight excluding hydrogens is 596 g/mol. The lowest BCUT2D eigenvalue weighted by Crippen LogP contribution is -2.59. The van der Waals surface area contributed by atoms with Crippen molar-refractivity contribution in [3.63, 3.8) is 0 Å². The first-order valence-electron chi connectivity index (χ1n) is 14.2. The van der Waals surface area contributed by atoms with Crippen molar-refractivity contribution in [1.82, 2.24) is 19.8 Å². The lowest BCUT2D eigenvalue weighted by Gasteiger charge is -2.48. The molecule has 0 spiro atoms. The first-order chi connectivity index (χ1) is 20.1. The van der Waals surface area contributed by atoms with Crippen LogP contribution in [0.2, 0.25) is 0 Å². The number of hydrogen-bond acceptors (Lipinski definition) is 5. The Morgan fingerprint density at radius 3 is 2.67 bits per heavy atom. The van der Waals surface area contributed by atoms with Gasteiger partial charge in [0.25, 0.3) is 5.91 Å². The third-order valence-electron chi connectivity index (χ3n) is 9.26. The summed E-state index contributed by atoms with van der Waals surface area (Å²) in [4.78, 5) is 13.6. The molecule has 5 heterocycles. The second kappa shape index (κ2) is 8.59. The number of carbonyl (C=O) groups is 1. The van der Waals surface area contributed by atoms with Crippen LogP contribution >= 0.6 is 15.9 Å². The molecule has 3 aromatic carbocycles. The first kappa shape index (κ1) is 26.3. The Hall–Kier alpha value is -3.39. The summed E-state index contributed by atoms with van der Waals surface area (Å²) in [6.07, 6.45) is 0.113. The molecule has 0 unspecified atom stereocenters. The molecular formula is C33H31BrN4O4. The maximum absolute atomic E-state index is 13.6. The van der Waals surface area contributed by atoms with E-state index in [4.69, 9.17) is 9.47 Å². The number of hydrogen-bond donors (Lipinski definition) is 3. The summed E-state index contributed by atoms with van der Waals surface area (Å²) in [5, 5.41) is 20.9. The van der Waals surface area contributed by atoms with Crippen LogP contribution < -0.4 is 10.6 Å². The first-order valence-corrected chi connectivity index (χ1v) is 15.0. The molecule has 1 amide bonds. The summed E-state index contributed by atoms with van der Waals surface area (Å²) in [6.45, 7) is 5.91. The molecule has 1 fully saturated rings. The van der Waals surface area contributed by atoms with E-state index in [0.29, 0.717) is 13.0 Å². The quantitative estimate of drug-likeness (QED) is 0.233. The summed E-state index contributed by atoms with van der Waals surface area (Å²) in [5.74, 6) is 6.04. The molecule has 8 nitrogen and oxygen atoms in total. The Kier molecular flexibility index (Phi) is 5.37. The number of likely N-dealkylation sites (N-methyl/N-ethyl adjacent to an activating group) is 1. The number of rotatable bonds is 2. The van der Waals surface area contributed by atoms with Gasteiger partial charge in [-0.15, -0.1) is 0 Å². The van der Waals surface area contributed by atoms with Crippen LogP contribution in [0, 0.1) is 11.8 Å². The molecule has 214 valence electrons. The minimum atomic E-state index is -1.12. The van der Waals surface area contributed by atoms with Crippen LogP contribution in [0.25, 0.3) is 43.6 Å². The van der Waals surface area contributed by atoms with E-state index in [1.165, 1.54) is 0 Å². The van der Waals surface area contributed by atoms with Crippen molar-refractivity contribution < 1.29 is 19.4 Å². The van der Waals surface area contributed by atoms with Crippen LogP contribution in [0.1, 0.15) is 54.9 Å². The molecule has 8 rings (SSSR count). The highest BCUT2D eigenvalue weighted by Gasteiger charge is 2.53. The normalized spacial score (nSPS) is 24.8. The standard InChI is InChI=1S/C33H31BrN4O4/c1-32(2,40)11-10-16-6-8-23-18(12-16)25-20-15-36-31(39)27(20)26-19-13-17(34)7-9-22(19)37-24-14-21(35-4)30(41-5)33(3,42-24)38(23)29(25)28(26)37/h6-9,12-13,21,24,30,35,40H,14-15H2,1-5H3,(H,36,39)/t21-,24-,30-,33+/m1/s1. The summed E-state index contributed by atoms with van der Waals surface area (Å²) in [7, 11) is 3.72. The maximum Gasteiger partial charge on any atom is 0.252 e. The van der Waals surface area contributed by atoms with Gasteiger partial charge in [0.1, 0.15) is 17.9 Å². The van der Waals surface area contributed by atoms with Gasteiger partial charge in [0.15, 0.2) is 5.72 Å². The van der Waals surface area contributed by atoms with E-state index in [1.54, 1.807) is 21.0 Å². The number of benzene rings is 3. The predicted octanol–water partition coefficient (Wildman–Crippen LogP) is 5.24. The van der Waals surface area contributed by atoms with Crippen LogP contribution in [0.5, 0.6) is 0 Å². The van der Waals surface area contributed by atoms with E-state index in [-0.39, 0.29) is 24.3 Å². The monoisotopic (exact) mass is 626 g/mol. The number of methoxy groups -OCH3 is 1. The zero-order valence-corrected chi connectivity index (χ0v) is 25.6. The number of aromatic nitrogens is 2. The molecule has 9 heteroatoms. The summed E-state index contributed by atoms with van der Waals surface area (Å²) in [6, 6.07) is 12.4. The number of carbonyl (C=O) groups excluding carboxylic acids is 1. The Bertz CT molecular complexity index is 2090. The third-order valence-corrected chi connectivity index (χ3v) is 9.75. The van der Waals surface area contributed by atoms with E-state index in [0.717, 1.165) is 64.8 Å². The Labute approximate surface area is 251 Å². The molecule has 0 aliphatic carbocycles. The summed E-state index contributed by atoms with van der Waals surface area (Å²) in [5.41, 5.74) is 4.54. The van der Waals surface area contributed by atoms with Crippen LogP contribution in [0.15, 0.2) is 40.9 Å². The number of ether oxygens (including phenoxy) is 2. The Morgan fingerprint density at radius 2 is 1.93 bits per heavy atom. The molecule has 3 N–H and O–H groups in total. The van der Waals surface area contributed by atoms with Crippen molar-refractivity contribution in [1.29, 1.82) is 0 Å². The van der Waals surface area contributed by atoms with Gasteiger partial charge in [-0.3, -0.25) is 4.79 Å². The van der Waals surface area contributed by atoms with E-state index >= 15 is 0 Å². The fraction of sp³-hybridized carbons (Fsp3) is 0.364. The molecule has 3 aliphatic heterocycles. The van der Waals surface area contributed by atoms with E-state index < -0.39 is 11.3 Å². The average Bonchev–Trinajstić information content (AvgIpc) is 3.58. The highest BCUT2D eigenvalue weighted by molar-refractivity contribution is 9.10. The molecule has 0 radical (unpaired) electrons. The van der Waals surface area contributed by atoms with Gasteiger partial charge in [-0.1, -0.05) is 27.8 Å². The minimum absolute atomic E-state index is 0.00980. The Balaban J connectivity index is 1.64. The van der Waals surface area contributed by atoms with Crippen LogP contribution in [0.4, 0.5) is 0 Å². The van der Waals surface area contributed by atoms with E-state index in [1.807, 2.05) is 19.2 Å². The lowest BCUT2D eigenvalue weighted by molar-refractivity contribution is -0.256. The number of nitrogens with one attached hydrogen (secondary N) is 2. The van der Waals surface area contributed by atoms with Crippen molar-refractivity contribution in [2.24, 2.45) is 0 Å². The topological polar surface area (TPSA) is 89.7 Å². The highest BCUT2D eigenvalue weighted by Crippen LogP contribution is 2.54. The molecule has 4 atom stereocenters. The van der Waals surface area contributed by atoms with Gasteiger partial charge in [0.2, 0.25) is 0 Å².